The molecule has 6 nitrogen and oxygen atoms in total. The van der Waals surface area contributed by atoms with Crippen molar-refractivity contribution in [3.05, 3.63) is 35.4 Å². The lowest BCUT2D eigenvalue weighted by Crippen LogP contribution is -2.16. The molecule has 0 bridgehead atoms. The molecule has 1 aliphatic rings. The van der Waals surface area contributed by atoms with Crippen LogP contribution in [-0.2, 0) is 17.6 Å². The Morgan fingerprint density at radius 3 is 2.59 bits per heavy atom. The first-order valence-corrected chi connectivity index (χ1v) is 9.85. The van der Waals surface area contributed by atoms with Crippen LogP contribution in [0.1, 0.15) is 62.8 Å². The molecule has 2 aromatic rings. The molecule has 27 heavy (non-hydrogen) atoms. The summed E-state index contributed by atoms with van der Waals surface area (Å²) >= 11 is 0. The smallest absolute Gasteiger partial charge is 0.224 e. The minimum Gasteiger partial charge on any atom is -0.495 e. The standard InChI is InChI=1S/C21H30N4O2/c1-14(2)8-11-18-23-24-19(25(18)16-9-10-16)12-13-20(26)22-21-15(3)6-5-7-17(21)27-4/h5-7,14,16H,8-13H2,1-4H3,(H,22,26). The number of nitrogens with zero attached hydrogens (tertiary/aromatic N) is 3. The molecule has 0 radical (unpaired) electrons. The predicted molar refractivity (Wildman–Crippen MR) is 106 cm³/mol. The molecule has 6 heteroatoms. The number of aryl methyl sites for hydroxylation is 3. The third-order valence-electron chi connectivity index (χ3n) is 4.99. The van der Waals surface area contributed by atoms with Gasteiger partial charge in [-0.2, -0.15) is 0 Å². The van der Waals surface area contributed by atoms with Gasteiger partial charge in [0.05, 0.1) is 12.8 Å². The van der Waals surface area contributed by atoms with E-state index in [9.17, 15) is 4.79 Å². The van der Waals surface area contributed by atoms with Crippen LogP contribution in [-0.4, -0.2) is 27.8 Å². The summed E-state index contributed by atoms with van der Waals surface area (Å²) in [4.78, 5) is 12.5. The summed E-state index contributed by atoms with van der Waals surface area (Å²) < 4.78 is 7.64. The Hall–Kier alpha value is -2.37. The number of ether oxygens (including phenoxy) is 1. The molecule has 1 aromatic carbocycles. The number of methoxy groups -OCH3 is 1. The fraction of sp³-hybridized carbons (Fsp3) is 0.571. The summed E-state index contributed by atoms with van der Waals surface area (Å²) in [6.45, 7) is 6.41. The van der Waals surface area contributed by atoms with E-state index in [4.69, 9.17) is 4.74 Å². The van der Waals surface area contributed by atoms with Gasteiger partial charge in [0.1, 0.15) is 17.4 Å². The molecule has 3 rings (SSSR count). The van der Waals surface area contributed by atoms with E-state index in [1.165, 1.54) is 12.8 Å². The van der Waals surface area contributed by atoms with E-state index < -0.39 is 0 Å². The highest BCUT2D eigenvalue weighted by Gasteiger charge is 2.29. The Morgan fingerprint density at radius 1 is 1.26 bits per heavy atom. The van der Waals surface area contributed by atoms with Crippen molar-refractivity contribution in [3.8, 4) is 5.75 Å². The van der Waals surface area contributed by atoms with E-state index in [-0.39, 0.29) is 5.91 Å². The Morgan fingerprint density at radius 2 is 1.96 bits per heavy atom. The summed E-state index contributed by atoms with van der Waals surface area (Å²) in [5.41, 5.74) is 1.73. The van der Waals surface area contributed by atoms with E-state index in [0.29, 0.717) is 30.6 Å². The zero-order valence-electron chi connectivity index (χ0n) is 16.8. The number of aromatic nitrogens is 3. The van der Waals surface area contributed by atoms with Gasteiger partial charge < -0.3 is 14.6 Å². The van der Waals surface area contributed by atoms with Crippen molar-refractivity contribution in [3.63, 3.8) is 0 Å². The van der Waals surface area contributed by atoms with Gasteiger partial charge >= 0.3 is 0 Å². The van der Waals surface area contributed by atoms with Crippen molar-refractivity contribution in [1.29, 1.82) is 0 Å². The molecule has 1 fully saturated rings. The average Bonchev–Trinajstić information content (AvgIpc) is 3.40. The Balaban J connectivity index is 1.64. The lowest BCUT2D eigenvalue weighted by molar-refractivity contribution is -0.116. The lowest BCUT2D eigenvalue weighted by Gasteiger charge is -2.13. The number of hydrogen-bond acceptors (Lipinski definition) is 4. The maximum atomic E-state index is 12.5. The van der Waals surface area contributed by atoms with Gasteiger partial charge in [-0.25, -0.2) is 0 Å². The third kappa shape index (κ3) is 4.87. The largest absolute Gasteiger partial charge is 0.495 e. The second-order valence-electron chi connectivity index (χ2n) is 7.77. The number of amides is 1. The number of anilines is 1. The number of benzene rings is 1. The molecule has 1 aliphatic carbocycles. The molecule has 1 saturated carbocycles. The molecule has 0 aliphatic heterocycles. The van der Waals surface area contributed by atoms with Crippen molar-refractivity contribution >= 4 is 11.6 Å². The Bertz CT molecular complexity index is 793. The van der Waals surface area contributed by atoms with Crippen molar-refractivity contribution in [2.45, 2.75) is 65.3 Å². The summed E-state index contributed by atoms with van der Waals surface area (Å²) in [5, 5.41) is 11.8. The number of carbonyl (C=O) groups excluding carboxylic acids is 1. The average molecular weight is 370 g/mol. The molecular formula is C21H30N4O2. The van der Waals surface area contributed by atoms with Gasteiger partial charge in [0, 0.05) is 25.3 Å². The molecule has 1 aromatic heterocycles. The van der Waals surface area contributed by atoms with Crippen LogP contribution >= 0.6 is 0 Å². The number of carbonyl (C=O) groups is 1. The van der Waals surface area contributed by atoms with Gasteiger partial charge in [-0.15, -0.1) is 10.2 Å². The summed E-state index contributed by atoms with van der Waals surface area (Å²) in [7, 11) is 1.61. The van der Waals surface area contributed by atoms with Crippen LogP contribution in [0.25, 0.3) is 0 Å². The van der Waals surface area contributed by atoms with Crippen LogP contribution in [0, 0.1) is 12.8 Å². The first-order valence-electron chi connectivity index (χ1n) is 9.85. The summed E-state index contributed by atoms with van der Waals surface area (Å²) in [6, 6.07) is 6.26. The van der Waals surface area contributed by atoms with E-state index in [2.05, 4.69) is 33.9 Å². The summed E-state index contributed by atoms with van der Waals surface area (Å²) in [6.07, 6.45) is 5.42. The monoisotopic (exact) mass is 370 g/mol. The van der Waals surface area contributed by atoms with Gasteiger partial charge in [-0.1, -0.05) is 26.0 Å². The molecule has 0 atom stereocenters. The van der Waals surface area contributed by atoms with Crippen LogP contribution in [0.4, 0.5) is 5.69 Å². The molecule has 0 unspecified atom stereocenters. The molecule has 1 N–H and O–H groups in total. The normalized spacial score (nSPS) is 13.8. The summed E-state index contributed by atoms with van der Waals surface area (Å²) in [5.74, 6) is 3.30. The number of nitrogens with one attached hydrogen (secondary N) is 1. The molecule has 0 saturated heterocycles. The second-order valence-corrected chi connectivity index (χ2v) is 7.77. The van der Waals surface area contributed by atoms with Crippen LogP contribution < -0.4 is 10.1 Å². The second kappa shape index (κ2) is 8.55. The van der Waals surface area contributed by atoms with Crippen LogP contribution in [0.2, 0.25) is 0 Å². The van der Waals surface area contributed by atoms with Gasteiger partial charge in [-0.05, 0) is 43.7 Å². The maximum absolute atomic E-state index is 12.5. The Kier molecular flexibility index (Phi) is 6.14. The van der Waals surface area contributed by atoms with E-state index >= 15 is 0 Å². The van der Waals surface area contributed by atoms with E-state index in [1.807, 2.05) is 25.1 Å². The van der Waals surface area contributed by atoms with Crippen molar-refractivity contribution in [2.24, 2.45) is 5.92 Å². The van der Waals surface area contributed by atoms with Crippen LogP contribution in [0.15, 0.2) is 18.2 Å². The van der Waals surface area contributed by atoms with Gasteiger partial charge in [0.25, 0.3) is 0 Å². The van der Waals surface area contributed by atoms with Crippen LogP contribution in [0.5, 0.6) is 5.75 Å². The van der Waals surface area contributed by atoms with Crippen molar-refractivity contribution in [2.75, 3.05) is 12.4 Å². The van der Waals surface area contributed by atoms with Crippen molar-refractivity contribution < 1.29 is 9.53 Å². The molecule has 146 valence electrons. The van der Waals surface area contributed by atoms with Crippen molar-refractivity contribution in [1.82, 2.24) is 14.8 Å². The van der Waals surface area contributed by atoms with Gasteiger partial charge in [-0.3, -0.25) is 4.79 Å². The zero-order chi connectivity index (χ0) is 19.4. The molecule has 0 spiro atoms. The first kappa shape index (κ1) is 19.4. The minimum atomic E-state index is -0.0309. The predicted octanol–water partition coefficient (Wildman–Crippen LogP) is 4.09. The highest BCUT2D eigenvalue weighted by molar-refractivity contribution is 5.93. The lowest BCUT2D eigenvalue weighted by atomic mass is 10.1. The highest BCUT2D eigenvalue weighted by atomic mass is 16.5. The Labute approximate surface area is 161 Å². The van der Waals surface area contributed by atoms with Crippen LogP contribution in [0.3, 0.4) is 0 Å². The minimum absolute atomic E-state index is 0.0309. The fourth-order valence-electron chi connectivity index (χ4n) is 3.27. The quantitative estimate of drug-likeness (QED) is 0.722. The zero-order valence-corrected chi connectivity index (χ0v) is 16.8. The maximum Gasteiger partial charge on any atom is 0.224 e. The van der Waals surface area contributed by atoms with Gasteiger partial charge in [0.15, 0.2) is 0 Å². The third-order valence-corrected chi connectivity index (χ3v) is 4.99. The molecular weight excluding hydrogens is 340 g/mol. The SMILES string of the molecule is COc1cccc(C)c1NC(=O)CCc1nnc(CCC(C)C)n1C1CC1. The molecule has 1 heterocycles. The van der Waals surface area contributed by atoms with Gasteiger partial charge in [0.2, 0.25) is 5.91 Å². The van der Waals surface area contributed by atoms with E-state index in [0.717, 1.165) is 35.7 Å². The van der Waals surface area contributed by atoms with E-state index in [1.54, 1.807) is 7.11 Å². The number of hydrogen-bond donors (Lipinski definition) is 1. The first-order chi connectivity index (χ1) is 13.0. The number of para-hydroxylation sites is 1. The number of rotatable bonds is 9. The topological polar surface area (TPSA) is 69.0 Å². The highest BCUT2D eigenvalue weighted by Crippen LogP contribution is 2.37. The fourth-order valence-corrected chi connectivity index (χ4v) is 3.27. The molecule has 1 amide bonds.